The first-order chi connectivity index (χ1) is 8.25. The van der Waals surface area contributed by atoms with Crippen molar-refractivity contribution in [3.8, 4) is 0 Å². The Morgan fingerprint density at radius 1 is 1.41 bits per heavy atom. The third-order valence-electron chi connectivity index (χ3n) is 2.01. The van der Waals surface area contributed by atoms with E-state index in [1.54, 1.807) is 11.3 Å². The Balaban J connectivity index is 1.98. The lowest BCUT2D eigenvalue weighted by atomic mass is 10.2. The summed E-state index contributed by atoms with van der Waals surface area (Å²) in [6.45, 7) is 0. The molecule has 1 aromatic carbocycles. The molecule has 0 radical (unpaired) electrons. The Bertz CT molecular complexity index is 537. The number of nitrogens with one attached hydrogen (secondary N) is 1. The second-order valence-electron chi connectivity index (χ2n) is 3.27. The van der Waals surface area contributed by atoms with Gasteiger partial charge in [-0.15, -0.1) is 0 Å². The van der Waals surface area contributed by atoms with Crippen molar-refractivity contribution >= 4 is 23.5 Å². The maximum absolute atomic E-state index is 12.9. The number of thiophene rings is 1. The van der Waals surface area contributed by atoms with Crippen LogP contribution in [-0.2, 0) is 0 Å². The average Bonchev–Trinajstić information content (AvgIpc) is 2.82. The maximum atomic E-state index is 12.9. The molecule has 86 valence electrons. The van der Waals surface area contributed by atoms with Gasteiger partial charge in [-0.25, -0.2) is 9.82 Å². The largest absolute Gasteiger partial charge is 0.271 e. The van der Waals surface area contributed by atoms with E-state index in [9.17, 15) is 9.18 Å². The number of amides is 1. The van der Waals surface area contributed by atoms with Crippen molar-refractivity contribution in [3.63, 3.8) is 0 Å². The molecule has 3 nitrogen and oxygen atoms in total. The molecule has 2 rings (SSSR count). The summed E-state index contributed by atoms with van der Waals surface area (Å²) in [5.41, 5.74) is 3.49. The zero-order valence-corrected chi connectivity index (χ0v) is 9.58. The summed E-state index contributed by atoms with van der Waals surface area (Å²) in [7, 11) is 0. The van der Waals surface area contributed by atoms with Gasteiger partial charge in [0.2, 0.25) is 0 Å². The Kier molecular flexibility index (Phi) is 3.62. The van der Waals surface area contributed by atoms with Crippen LogP contribution >= 0.6 is 11.3 Å². The normalized spacial score (nSPS) is 10.6. The maximum Gasteiger partial charge on any atom is 0.271 e. The second kappa shape index (κ2) is 5.36. The van der Waals surface area contributed by atoms with Crippen LogP contribution in [0.4, 0.5) is 4.39 Å². The quantitative estimate of drug-likeness (QED) is 0.658. The van der Waals surface area contributed by atoms with Crippen LogP contribution in [0.5, 0.6) is 0 Å². The molecule has 1 aromatic heterocycles. The molecule has 5 heteroatoms. The highest BCUT2D eigenvalue weighted by Gasteiger charge is 2.04. The van der Waals surface area contributed by atoms with Gasteiger partial charge < -0.3 is 0 Å². The van der Waals surface area contributed by atoms with Gasteiger partial charge in [-0.2, -0.15) is 16.4 Å². The molecule has 2 aromatic rings. The zero-order chi connectivity index (χ0) is 12.1. The Hall–Kier alpha value is -2.01. The van der Waals surface area contributed by atoms with Gasteiger partial charge in [0, 0.05) is 11.1 Å². The fourth-order valence-corrected chi connectivity index (χ4v) is 1.82. The SMILES string of the molecule is O=C(NN=Cc1ccsc1)c1cccc(F)c1. The lowest BCUT2D eigenvalue weighted by Gasteiger charge is -1.98. The highest BCUT2D eigenvalue weighted by Crippen LogP contribution is 2.04. The molecular weight excluding hydrogens is 239 g/mol. The first-order valence-electron chi connectivity index (χ1n) is 4.87. The van der Waals surface area contributed by atoms with Crippen molar-refractivity contribution in [1.29, 1.82) is 0 Å². The summed E-state index contributed by atoms with van der Waals surface area (Å²) in [4.78, 5) is 11.5. The molecule has 1 heterocycles. The number of nitrogens with zero attached hydrogens (tertiary/aromatic N) is 1. The highest BCUT2D eigenvalue weighted by molar-refractivity contribution is 7.08. The minimum Gasteiger partial charge on any atom is -0.267 e. The Morgan fingerprint density at radius 2 is 2.29 bits per heavy atom. The lowest BCUT2D eigenvalue weighted by Crippen LogP contribution is -2.17. The van der Waals surface area contributed by atoms with E-state index < -0.39 is 11.7 Å². The Labute approximate surface area is 102 Å². The van der Waals surface area contributed by atoms with E-state index in [4.69, 9.17) is 0 Å². The molecule has 0 saturated heterocycles. The molecule has 0 atom stereocenters. The molecule has 1 N–H and O–H groups in total. The summed E-state index contributed by atoms with van der Waals surface area (Å²) >= 11 is 1.54. The number of carbonyl (C=O) groups is 1. The van der Waals surface area contributed by atoms with Crippen LogP contribution in [0.25, 0.3) is 0 Å². The minimum absolute atomic E-state index is 0.243. The summed E-state index contributed by atoms with van der Waals surface area (Å²) in [6, 6.07) is 7.33. The van der Waals surface area contributed by atoms with Crippen molar-refractivity contribution in [2.24, 2.45) is 5.10 Å². The van der Waals surface area contributed by atoms with Gasteiger partial charge in [-0.3, -0.25) is 4.79 Å². The number of hydrogen-bond donors (Lipinski definition) is 1. The standard InChI is InChI=1S/C12H9FN2OS/c13-11-3-1-2-10(6-11)12(16)15-14-7-9-4-5-17-8-9/h1-8H,(H,15,16). The minimum atomic E-state index is -0.445. The Morgan fingerprint density at radius 3 is 3.00 bits per heavy atom. The van der Waals surface area contributed by atoms with Gasteiger partial charge >= 0.3 is 0 Å². The van der Waals surface area contributed by atoms with E-state index in [2.05, 4.69) is 10.5 Å². The van der Waals surface area contributed by atoms with Crippen molar-refractivity contribution in [2.45, 2.75) is 0 Å². The molecule has 0 spiro atoms. The van der Waals surface area contributed by atoms with Crippen LogP contribution < -0.4 is 5.43 Å². The van der Waals surface area contributed by atoms with Gasteiger partial charge in [0.25, 0.3) is 5.91 Å². The summed E-state index contributed by atoms with van der Waals surface area (Å²) in [6.07, 6.45) is 1.54. The molecule has 0 aliphatic heterocycles. The van der Waals surface area contributed by atoms with Gasteiger partial charge in [-0.05, 0) is 35.0 Å². The number of rotatable bonds is 3. The first kappa shape index (κ1) is 11.5. The molecule has 17 heavy (non-hydrogen) atoms. The predicted molar refractivity (Wildman–Crippen MR) is 65.8 cm³/mol. The van der Waals surface area contributed by atoms with Crippen LogP contribution in [0.15, 0.2) is 46.2 Å². The third kappa shape index (κ3) is 3.22. The monoisotopic (exact) mass is 248 g/mol. The van der Waals surface area contributed by atoms with Crippen LogP contribution in [0, 0.1) is 5.82 Å². The van der Waals surface area contributed by atoms with E-state index in [0.717, 1.165) is 11.6 Å². The van der Waals surface area contributed by atoms with Crippen LogP contribution in [0.3, 0.4) is 0 Å². The van der Waals surface area contributed by atoms with Crippen LogP contribution in [-0.4, -0.2) is 12.1 Å². The van der Waals surface area contributed by atoms with Crippen molar-refractivity contribution < 1.29 is 9.18 Å². The molecule has 0 bridgehead atoms. The molecule has 0 unspecified atom stereocenters. The number of carbonyl (C=O) groups excluding carboxylic acids is 1. The fraction of sp³-hybridized carbons (Fsp3) is 0. The molecule has 0 aliphatic rings. The third-order valence-corrected chi connectivity index (χ3v) is 2.71. The summed E-state index contributed by atoms with van der Waals surface area (Å²) < 4.78 is 12.9. The van der Waals surface area contributed by atoms with Gasteiger partial charge in [0.1, 0.15) is 5.82 Å². The smallest absolute Gasteiger partial charge is 0.267 e. The molecule has 0 aliphatic carbocycles. The van der Waals surface area contributed by atoms with Crippen LogP contribution in [0.1, 0.15) is 15.9 Å². The number of halogens is 1. The van der Waals surface area contributed by atoms with E-state index in [1.165, 1.54) is 24.4 Å². The molecule has 1 amide bonds. The van der Waals surface area contributed by atoms with Gasteiger partial charge in [0.05, 0.1) is 6.21 Å². The van der Waals surface area contributed by atoms with Gasteiger partial charge in [0.15, 0.2) is 0 Å². The topological polar surface area (TPSA) is 41.5 Å². The van der Waals surface area contributed by atoms with Crippen LogP contribution in [0.2, 0.25) is 0 Å². The number of hydrogen-bond acceptors (Lipinski definition) is 3. The molecule has 0 saturated carbocycles. The predicted octanol–water partition coefficient (Wildman–Crippen LogP) is 2.65. The van der Waals surface area contributed by atoms with Crippen molar-refractivity contribution in [3.05, 3.63) is 58.0 Å². The lowest BCUT2D eigenvalue weighted by molar-refractivity contribution is 0.0954. The average molecular weight is 248 g/mol. The number of benzene rings is 1. The van der Waals surface area contributed by atoms with E-state index in [-0.39, 0.29) is 5.56 Å². The van der Waals surface area contributed by atoms with E-state index >= 15 is 0 Å². The zero-order valence-electron chi connectivity index (χ0n) is 8.76. The summed E-state index contributed by atoms with van der Waals surface area (Å²) in [5, 5.41) is 7.59. The first-order valence-corrected chi connectivity index (χ1v) is 5.81. The van der Waals surface area contributed by atoms with E-state index in [0.29, 0.717) is 0 Å². The van der Waals surface area contributed by atoms with E-state index in [1.807, 2.05) is 16.8 Å². The van der Waals surface area contributed by atoms with Gasteiger partial charge in [-0.1, -0.05) is 6.07 Å². The highest BCUT2D eigenvalue weighted by atomic mass is 32.1. The summed E-state index contributed by atoms with van der Waals surface area (Å²) in [5.74, 6) is -0.879. The van der Waals surface area contributed by atoms with Crippen molar-refractivity contribution in [2.75, 3.05) is 0 Å². The molecule has 0 fully saturated rings. The van der Waals surface area contributed by atoms with Crippen molar-refractivity contribution in [1.82, 2.24) is 5.43 Å². The second-order valence-corrected chi connectivity index (χ2v) is 4.05. The fourth-order valence-electron chi connectivity index (χ4n) is 1.21. The number of hydrazone groups is 1. The molecular formula is C12H9FN2OS.